The number of amides is 2. The van der Waals surface area contributed by atoms with Gasteiger partial charge >= 0.3 is 6.03 Å². The lowest BCUT2D eigenvalue weighted by Gasteiger charge is -2.26. The summed E-state index contributed by atoms with van der Waals surface area (Å²) >= 11 is 0. The zero-order valence-electron chi connectivity index (χ0n) is 17.6. The molecule has 2 N–H and O–H groups in total. The van der Waals surface area contributed by atoms with Gasteiger partial charge in [-0.2, -0.15) is 0 Å². The van der Waals surface area contributed by atoms with Gasteiger partial charge in [-0.15, -0.1) is 0 Å². The number of phenols is 1. The fourth-order valence-electron chi connectivity index (χ4n) is 3.04. The van der Waals surface area contributed by atoms with Crippen molar-refractivity contribution in [2.24, 2.45) is 0 Å². The highest BCUT2D eigenvalue weighted by Crippen LogP contribution is 2.39. The first-order valence-electron chi connectivity index (χ1n) is 9.58. The quantitative estimate of drug-likeness (QED) is 0.598. The van der Waals surface area contributed by atoms with E-state index in [0.717, 1.165) is 5.56 Å². The number of hydrogen-bond donors (Lipinski definition) is 2. The second kappa shape index (κ2) is 8.82. The fraction of sp³-hybridized carbons (Fsp3) is 0.261. The van der Waals surface area contributed by atoms with Crippen LogP contribution >= 0.6 is 0 Å². The molecule has 0 fully saturated rings. The highest BCUT2D eigenvalue weighted by atomic mass is 16.5. The number of anilines is 2. The fourth-order valence-corrected chi connectivity index (χ4v) is 3.04. The van der Waals surface area contributed by atoms with Gasteiger partial charge in [0.15, 0.2) is 0 Å². The summed E-state index contributed by atoms with van der Waals surface area (Å²) in [6, 6.07) is 10.2. The van der Waals surface area contributed by atoms with Gasteiger partial charge in [-0.3, -0.25) is 14.9 Å². The molecule has 0 aliphatic carbocycles. The number of hydrogen-bond acceptors (Lipinski definition) is 5. The number of carbonyl (C=O) groups excluding carboxylic acids is 1. The smallest absolute Gasteiger partial charge is 0.326 e. The van der Waals surface area contributed by atoms with Crippen molar-refractivity contribution in [2.75, 3.05) is 17.3 Å². The monoisotopic (exact) mass is 406 g/mol. The molecule has 0 spiro atoms. The summed E-state index contributed by atoms with van der Waals surface area (Å²) < 4.78 is 5.38. The molecule has 30 heavy (non-hydrogen) atoms. The predicted molar refractivity (Wildman–Crippen MR) is 117 cm³/mol. The van der Waals surface area contributed by atoms with E-state index in [9.17, 15) is 9.90 Å². The van der Waals surface area contributed by atoms with Crippen LogP contribution in [0.1, 0.15) is 31.9 Å². The second-order valence-corrected chi connectivity index (χ2v) is 7.90. The van der Waals surface area contributed by atoms with Crippen LogP contribution < -0.4 is 15.0 Å². The van der Waals surface area contributed by atoms with E-state index in [2.05, 4.69) is 15.3 Å². The molecule has 156 valence electrons. The molecule has 7 nitrogen and oxygen atoms in total. The molecule has 0 aliphatic heterocycles. The Morgan fingerprint density at radius 3 is 2.47 bits per heavy atom. The number of rotatable bonds is 5. The van der Waals surface area contributed by atoms with Crippen molar-refractivity contribution >= 4 is 17.4 Å². The van der Waals surface area contributed by atoms with Gasteiger partial charge in [0.25, 0.3) is 0 Å². The second-order valence-electron chi connectivity index (χ2n) is 7.90. The number of aromatic hydroxyl groups is 1. The van der Waals surface area contributed by atoms with Gasteiger partial charge in [0.05, 0.1) is 31.2 Å². The average molecular weight is 406 g/mol. The minimum absolute atomic E-state index is 0.0201. The van der Waals surface area contributed by atoms with Crippen LogP contribution in [0, 0.1) is 0 Å². The molecule has 7 heteroatoms. The molecule has 0 atom stereocenters. The van der Waals surface area contributed by atoms with Gasteiger partial charge in [-0.05, 0) is 41.3 Å². The van der Waals surface area contributed by atoms with Gasteiger partial charge < -0.3 is 15.2 Å². The minimum Gasteiger partial charge on any atom is -0.505 e. The number of urea groups is 1. The Labute approximate surface area is 176 Å². The molecule has 2 heterocycles. The van der Waals surface area contributed by atoms with Gasteiger partial charge in [-0.25, -0.2) is 4.79 Å². The van der Waals surface area contributed by atoms with E-state index in [4.69, 9.17) is 4.74 Å². The average Bonchev–Trinajstić information content (AvgIpc) is 2.74. The molecule has 1 aromatic carbocycles. The van der Waals surface area contributed by atoms with Crippen LogP contribution in [-0.2, 0) is 12.0 Å². The molecule has 0 bridgehead atoms. The van der Waals surface area contributed by atoms with E-state index < -0.39 is 6.03 Å². The zero-order chi connectivity index (χ0) is 21.7. The maximum absolute atomic E-state index is 13.2. The van der Waals surface area contributed by atoms with E-state index in [1.807, 2.05) is 32.9 Å². The lowest BCUT2D eigenvalue weighted by Crippen LogP contribution is -2.34. The van der Waals surface area contributed by atoms with Crippen LogP contribution in [0.5, 0.6) is 11.5 Å². The largest absolute Gasteiger partial charge is 0.505 e. The van der Waals surface area contributed by atoms with E-state index in [1.165, 1.54) is 0 Å². The number of benzene rings is 1. The lowest BCUT2D eigenvalue weighted by atomic mass is 9.85. The molecule has 0 aliphatic rings. The molecule has 0 unspecified atom stereocenters. The van der Waals surface area contributed by atoms with Crippen LogP contribution in [-0.4, -0.2) is 28.2 Å². The first kappa shape index (κ1) is 21.1. The lowest BCUT2D eigenvalue weighted by molar-refractivity contribution is 0.256. The Morgan fingerprint density at radius 2 is 1.87 bits per heavy atom. The number of aromatic nitrogens is 2. The summed E-state index contributed by atoms with van der Waals surface area (Å²) in [5.41, 5.74) is 2.17. The van der Waals surface area contributed by atoms with Crippen LogP contribution in [0.3, 0.4) is 0 Å². The van der Waals surface area contributed by atoms with E-state index in [0.29, 0.717) is 23.5 Å². The number of methoxy groups -OCH3 is 1. The number of nitrogens with one attached hydrogen (secondary N) is 1. The summed E-state index contributed by atoms with van der Waals surface area (Å²) in [6.45, 7) is 6.27. The molecule has 2 amide bonds. The van der Waals surface area contributed by atoms with Crippen LogP contribution in [0.4, 0.5) is 16.2 Å². The Hall–Kier alpha value is -3.61. The third-order valence-electron chi connectivity index (χ3n) is 4.66. The molecule has 2 aromatic heterocycles. The Morgan fingerprint density at radius 1 is 1.13 bits per heavy atom. The minimum atomic E-state index is -0.400. The van der Waals surface area contributed by atoms with Crippen molar-refractivity contribution in [1.82, 2.24) is 9.97 Å². The summed E-state index contributed by atoms with van der Waals surface area (Å²) in [7, 11) is 1.55. The number of ether oxygens (including phenoxy) is 1. The zero-order valence-corrected chi connectivity index (χ0v) is 17.6. The number of nitrogens with zero attached hydrogens (tertiary/aromatic N) is 3. The SMILES string of the molecule is COc1cc(NC(=O)N(Cc2ccncc2)c2cccnc2)c(O)c(C(C)(C)C)c1. The highest BCUT2D eigenvalue weighted by molar-refractivity contribution is 6.02. The summed E-state index contributed by atoms with van der Waals surface area (Å²) in [5, 5.41) is 13.7. The Bertz CT molecular complexity index is 1000. The first-order valence-corrected chi connectivity index (χ1v) is 9.58. The Balaban J connectivity index is 1.96. The predicted octanol–water partition coefficient (Wildman–Crippen LogP) is 4.73. The van der Waals surface area contributed by atoms with Crippen LogP contribution in [0.2, 0.25) is 0 Å². The van der Waals surface area contributed by atoms with E-state index in [1.54, 1.807) is 61.1 Å². The number of phenolic OH excluding ortho intramolecular Hbond substituents is 1. The third kappa shape index (κ3) is 4.86. The van der Waals surface area contributed by atoms with Crippen molar-refractivity contribution in [3.05, 3.63) is 72.3 Å². The summed E-state index contributed by atoms with van der Waals surface area (Å²) in [4.78, 5) is 23.0. The Kier molecular flexibility index (Phi) is 6.20. The first-order chi connectivity index (χ1) is 14.3. The highest BCUT2D eigenvalue weighted by Gasteiger charge is 2.24. The molecule has 0 saturated carbocycles. The van der Waals surface area contributed by atoms with Gasteiger partial charge in [0.1, 0.15) is 11.5 Å². The van der Waals surface area contributed by atoms with Gasteiger partial charge in [-0.1, -0.05) is 20.8 Å². The van der Waals surface area contributed by atoms with Crippen LogP contribution in [0.15, 0.2) is 61.2 Å². The normalized spacial score (nSPS) is 11.1. The topological polar surface area (TPSA) is 87.6 Å². The summed E-state index contributed by atoms with van der Waals surface area (Å²) in [5.74, 6) is 0.571. The molecule has 0 radical (unpaired) electrons. The molecular weight excluding hydrogens is 380 g/mol. The maximum atomic E-state index is 13.2. The summed E-state index contributed by atoms with van der Waals surface area (Å²) in [6.07, 6.45) is 6.62. The van der Waals surface area contributed by atoms with Gasteiger partial charge in [0.2, 0.25) is 0 Å². The van der Waals surface area contributed by atoms with E-state index in [-0.39, 0.29) is 16.9 Å². The molecular formula is C23H26N4O3. The van der Waals surface area contributed by atoms with Crippen molar-refractivity contribution in [3.8, 4) is 11.5 Å². The molecule has 3 aromatic rings. The number of pyridine rings is 2. The van der Waals surface area contributed by atoms with Crippen molar-refractivity contribution in [1.29, 1.82) is 0 Å². The van der Waals surface area contributed by atoms with Gasteiger partial charge in [0, 0.05) is 30.2 Å². The third-order valence-corrected chi connectivity index (χ3v) is 4.66. The number of carbonyl (C=O) groups is 1. The van der Waals surface area contributed by atoms with Crippen LogP contribution in [0.25, 0.3) is 0 Å². The molecule has 3 rings (SSSR count). The van der Waals surface area contributed by atoms with Crippen molar-refractivity contribution in [3.63, 3.8) is 0 Å². The van der Waals surface area contributed by atoms with Crippen molar-refractivity contribution in [2.45, 2.75) is 32.7 Å². The van der Waals surface area contributed by atoms with Crippen molar-refractivity contribution < 1.29 is 14.6 Å². The van der Waals surface area contributed by atoms with E-state index >= 15 is 0 Å². The standard InChI is InChI=1S/C23H26N4O3/c1-23(2,3)19-12-18(30-4)13-20(21(19)28)26-22(29)27(17-6-5-9-25-14-17)15-16-7-10-24-11-8-16/h5-14,28H,15H2,1-4H3,(H,26,29). The molecule has 0 saturated heterocycles. The maximum Gasteiger partial charge on any atom is 0.326 e.